The van der Waals surface area contributed by atoms with Crippen LogP contribution in [-0.4, -0.2) is 52.5 Å². The fourth-order valence-corrected chi connectivity index (χ4v) is 3.72. The molecule has 28 heavy (non-hydrogen) atoms. The number of H-pyrrole nitrogens is 1. The van der Waals surface area contributed by atoms with E-state index in [0.29, 0.717) is 35.4 Å². The van der Waals surface area contributed by atoms with Crippen LogP contribution in [0, 0.1) is 0 Å². The van der Waals surface area contributed by atoms with Gasteiger partial charge in [0.15, 0.2) is 5.69 Å². The molecular formula is C19H22BrN5O3. The second-order valence-electron chi connectivity index (χ2n) is 6.91. The highest BCUT2D eigenvalue weighted by molar-refractivity contribution is 9.10. The number of aromatic amines is 1. The van der Waals surface area contributed by atoms with Crippen molar-refractivity contribution in [2.24, 2.45) is 0 Å². The summed E-state index contributed by atoms with van der Waals surface area (Å²) in [5.74, 6) is -0.384. The van der Waals surface area contributed by atoms with E-state index >= 15 is 0 Å². The molecule has 0 bridgehead atoms. The molecule has 1 saturated heterocycles. The average molecular weight is 448 g/mol. The van der Waals surface area contributed by atoms with Gasteiger partial charge >= 0.3 is 0 Å². The molecule has 0 atom stereocenters. The Balaban J connectivity index is 1.59. The van der Waals surface area contributed by atoms with Crippen molar-refractivity contribution in [3.05, 3.63) is 51.3 Å². The van der Waals surface area contributed by atoms with Gasteiger partial charge in [-0.25, -0.2) is 0 Å². The van der Waals surface area contributed by atoms with E-state index in [1.165, 1.54) is 4.90 Å². The predicted octanol–water partition coefficient (Wildman–Crippen LogP) is 1.80. The van der Waals surface area contributed by atoms with Gasteiger partial charge in [-0.3, -0.25) is 19.5 Å². The molecule has 9 heteroatoms. The van der Waals surface area contributed by atoms with Crippen LogP contribution in [0.3, 0.4) is 0 Å². The molecule has 2 aromatic rings. The Morgan fingerprint density at radius 1 is 1.29 bits per heavy atom. The molecule has 0 spiro atoms. The van der Waals surface area contributed by atoms with Crippen molar-refractivity contribution in [1.82, 2.24) is 25.7 Å². The summed E-state index contributed by atoms with van der Waals surface area (Å²) >= 11 is 3.42. The maximum Gasteiger partial charge on any atom is 0.273 e. The van der Waals surface area contributed by atoms with E-state index < -0.39 is 0 Å². The molecule has 8 nitrogen and oxygen atoms in total. The number of rotatable bonds is 5. The first-order valence-electron chi connectivity index (χ1n) is 9.03. The summed E-state index contributed by atoms with van der Waals surface area (Å²) in [6.07, 6.45) is 0. The largest absolute Gasteiger partial charge is 0.353 e. The van der Waals surface area contributed by atoms with Crippen molar-refractivity contribution in [2.45, 2.75) is 26.3 Å². The van der Waals surface area contributed by atoms with E-state index in [0.717, 1.165) is 11.3 Å². The summed E-state index contributed by atoms with van der Waals surface area (Å²) in [5.41, 5.74) is 2.57. The van der Waals surface area contributed by atoms with E-state index in [1.54, 1.807) is 24.3 Å². The number of hydrogen-bond acceptors (Lipinski definition) is 4. The quantitative estimate of drug-likeness (QED) is 0.649. The van der Waals surface area contributed by atoms with Crippen molar-refractivity contribution in [3.63, 3.8) is 0 Å². The van der Waals surface area contributed by atoms with Gasteiger partial charge in [0.2, 0.25) is 5.91 Å². The first-order valence-corrected chi connectivity index (χ1v) is 9.83. The monoisotopic (exact) mass is 447 g/mol. The molecule has 1 fully saturated rings. The first-order chi connectivity index (χ1) is 13.4. The van der Waals surface area contributed by atoms with Crippen LogP contribution in [0.1, 0.15) is 51.9 Å². The van der Waals surface area contributed by atoms with Crippen LogP contribution in [0.5, 0.6) is 0 Å². The molecular weight excluding hydrogens is 426 g/mol. The Morgan fingerprint density at radius 2 is 2.00 bits per heavy atom. The van der Waals surface area contributed by atoms with Gasteiger partial charge in [-0.15, -0.1) is 0 Å². The summed E-state index contributed by atoms with van der Waals surface area (Å²) < 4.78 is 0.673. The molecule has 3 amide bonds. The van der Waals surface area contributed by atoms with Crippen molar-refractivity contribution < 1.29 is 14.4 Å². The van der Waals surface area contributed by atoms with E-state index in [2.05, 4.69) is 36.8 Å². The van der Waals surface area contributed by atoms with Crippen LogP contribution in [0.2, 0.25) is 0 Å². The summed E-state index contributed by atoms with van der Waals surface area (Å²) in [6, 6.07) is 6.99. The van der Waals surface area contributed by atoms with E-state index in [9.17, 15) is 14.4 Å². The first kappa shape index (κ1) is 20.1. The molecule has 0 aliphatic carbocycles. The normalized spacial score (nSPS) is 14.1. The average Bonchev–Trinajstić information content (AvgIpc) is 3.07. The minimum absolute atomic E-state index is 0.0769. The lowest BCUT2D eigenvalue weighted by Gasteiger charge is -2.26. The lowest BCUT2D eigenvalue weighted by molar-refractivity contribution is -0.123. The minimum Gasteiger partial charge on any atom is -0.353 e. The second kappa shape index (κ2) is 8.55. The highest BCUT2D eigenvalue weighted by Gasteiger charge is 2.22. The molecule has 1 aliphatic rings. The van der Waals surface area contributed by atoms with Gasteiger partial charge in [0.05, 0.1) is 16.7 Å². The van der Waals surface area contributed by atoms with Crippen LogP contribution >= 0.6 is 15.9 Å². The molecule has 0 radical (unpaired) electrons. The number of aromatic nitrogens is 2. The molecule has 0 saturated carbocycles. The van der Waals surface area contributed by atoms with Gasteiger partial charge in [-0.1, -0.05) is 26.0 Å². The Morgan fingerprint density at radius 3 is 2.61 bits per heavy atom. The fraction of sp³-hybridized carbons (Fsp3) is 0.368. The second-order valence-corrected chi connectivity index (χ2v) is 7.70. The van der Waals surface area contributed by atoms with E-state index in [-0.39, 0.29) is 30.2 Å². The summed E-state index contributed by atoms with van der Waals surface area (Å²) in [6.45, 7) is 5.39. The zero-order valence-corrected chi connectivity index (χ0v) is 17.3. The van der Waals surface area contributed by atoms with Gasteiger partial charge < -0.3 is 15.5 Å². The van der Waals surface area contributed by atoms with Crippen LogP contribution in [0.25, 0.3) is 0 Å². The van der Waals surface area contributed by atoms with Gasteiger partial charge in [0.25, 0.3) is 11.8 Å². The van der Waals surface area contributed by atoms with Gasteiger partial charge in [0.1, 0.15) is 0 Å². The molecule has 148 valence electrons. The predicted molar refractivity (Wildman–Crippen MR) is 107 cm³/mol. The molecule has 1 aromatic heterocycles. The van der Waals surface area contributed by atoms with Crippen LogP contribution in [0.15, 0.2) is 28.7 Å². The van der Waals surface area contributed by atoms with Crippen molar-refractivity contribution >= 4 is 33.7 Å². The van der Waals surface area contributed by atoms with Gasteiger partial charge in [-0.2, -0.15) is 5.10 Å². The maximum atomic E-state index is 12.5. The number of amides is 3. The minimum atomic E-state index is -0.283. The zero-order valence-electron chi connectivity index (χ0n) is 15.7. The van der Waals surface area contributed by atoms with Crippen molar-refractivity contribution in [1.29, 1.82) is 0 Å². The summed E-state index contributed by atoms with van der Waals surface area (Å²) in [4.78, 5) is 37.8. The Bertz CT molecular complexity index is 891. The molecule has 2 heterocycles. The number of nitrogens with zero attached hydrogens (tertiary/aromatic N) is 2. The van der Waals surface area contributed by atoms with Crippen LogP contribution < -0.4 is 10.6 Å². The van der Waals surface area contributed by atoms with Crippen LogP contribution in [0.4, 0.5) is 0 Å². The smallest absolute Gasteiger partial charge is 0.273 e. The standard InChI is InChI=1S/C19H22BrN5O3/c1-11(2)16-15(20)17(24-23-16)18(27)22-9-12-3-5-13(6-4-12)19(28)25-8-7-21-14(26)10-25/h3-6,11H,7-10H2,1-2H3,(H,21,26)(H,22,27)(H,23,24). The molecule has 1 aromatic carbocycles. The Labute approximate surface area is 171 Å². The molecule has 0 unspecified atom stereocenters. The topological polar surface area (TPSA) is 107 Å². The number of nitrogens with one attached hydrogen (secondary N) is 3. The van der Waals surface area contributed by atoms with Crippen LogP contribution in [-0.2, 0) is 11.3 Å². The fourth-order valence-electron chi connectivity index (χ4n) is 2.90. The Hall–Kier alpha value is -2.68. The lowest BCUT2D eigenvalue weighted by atomic mass is 10.1. The third-order valence-corrected chi connectivity index (χ3v) is 5.31. The number of halogens is 1. The molecule has 1 aliphatic heterocycles. The third kappa shape index (κ3) is 4.41. The highest BCUT2D eigenvalue weighted by Crippen LogP contribution is 2.25. The Kier molecular flexibility index (Phi) is 6.13. The van der Waals surface area contributed by atoms with E-state index in [1.807, 2.05) is 13.8 Å². The highest BCUT2D eigenvalue weighted by atomic mass is 79.9. The number of piperazine rings is 1. The van der Waals surface area contributed by atoms with Crippen molar-refractivity contribution in [2.75, 3.05) is 19.6 Å². The third-order valence-electron chi connectivity index (χ3n) is 4.50. The summed E-state index contributed by atoms with van der Waals surface area (Å²) in [5, 5.41) is 12.5. The number of carbonyl (C=O) groups excluding carboxylic acids is 3. The molecule has 3 N–H and O–H groups in total. The lowest BCUT2D eigenvalue weighted by Crippen LogP contribution is -2.49. The summed E-state index contributed by atoms with van der Waals surface area (Å²) in [7, 11) is 0. The number of hydrogen-bond donors (Lipinski definition) is 3. The zero-order chi connectivity index (χ0) is 20.3. The number of benzene rings is 1. The van der Waals surface area contributed by atoms with E-state index in [4.69, 9.17) is 0 Å². The number of carbonyl (C=O) groups is 3. The van der Waals surface area contributed by atoms with Gasteiger partial charge in [0, 0.05) is 25.2 Å². The maximum absolute atomic E-state index is 12.5. The van der Waals surface area contributed by atoms with Gasteiger partial charge in [-0.05, 0) is 39.5 Å². The SMILES string of the molecule is CC(C)c1[nH]nc(C(=O)NCc2ccc(C(=O)N3CCNC(=O)C3)cc2)c1Br. The van der Waals surface area contributed by atoms with Crippen molar-refractivity contribution in [3.8, 4) is 0 Å². The molecule has 3 rings (SSSR count).